The van der Waals surface area contributed by atoms with E-state index in [0.29, 0.717) is 5.56 Å². The summed E-state index contributed by atoms with van der Waals surface area (Å²) in [6.45, 7) is 3.26. The number of hydrogen-bond acceptors (Lipinski definition) is 5. The Morgan fingerprint density at radius 2 is 1.62 bits per heavy atom. The van der Waals surface area contributed by atoms with Crippen LogP contribution in [-0.2, 0) is 16.2 Å². The van der Waals surface area contributed by atoms with Crippen molar-refractivity contribution in [3.63, 3.8) is 0 Å². The van der Waals surface area contributed by atoms with Gasteiger partial charge in [-0.3, -0.25) is 0 Å². The van der Waals surface area contributed by atoms with Gasteiger partial charge in [-0.2, -0.15) is 18.3 Å². The van der Waals surface area contributed by atoms with Gasteiger partial charge in [-0.05, 0) is 44.2 Å². The van der Waals surface area contributed by atoms with Gasteiger partial charge in [0.15, 0.2) is 5.69 Å². The third kappa shape index (κ3) is 7.48. The third-order valence-corrected chi connectivity index (χ3v) is 4.95. The largest absolute Gasteiger partial charge is 1.00 e. The first kappa shape index (κ1) is 27.9. The van der Waals surface area contributed by atoms with Crippen molar-refractivity contribution in [3.05, 3.63) is 65.9 Å². The predicted molar refractivity (Wildman–Crippen MR) is 110 cm³/mol. The van der Waals surface area contributed by atoms with Crippen LogP contribution in [0.2, 0.25) is 0 Å². The Bertz CT molecular complexity index is 1120. The van der Waals surface area contributed by atoms with E-state index in [1.54, 1.807) is 24.3 Å². The number of rotatable bonds is 4. The Morgan fingerprint density at radius 1 is 1.12 bits per heavy atom. The number of sulfonamides is 1. The van der Waals surface area contributed by atoms with Crippen molar-refractivity contribution in [1.82, 2.24) is 9.78 Å². The van der Waals surface area contributed by atoms with E-state index in [1.807, 2.05) is 6.92 Å². The van der Waals surface area contributed by atoms with Gasteiger partial charge < -0.3 is 11.6 Å². The second-order valence-corrected chi connectivity index (χ2v) is 8.32. The molecule has 170 valence electrons. The van der Waals surface area contributed by atoms with Crippen molar-refractivity contribution in [3.8, 4) is 16.9 Å². The van der Waals surface area contributed by atoms with Crippen LogP contribution in [0.5, 0.6) is 0 Å². The zero-order valence-corrected chi connectivity index (χ0v) is 18.5. The smallest absolute Gasteiger partial charge is 1.00 e. The average Bonchev–Trinajstić information content (AvgIpc) is 3.14. The van der Waals surface area contributed by atoms with Crippen molar-refractivity contribution >= 4 is 10.0 Å². The fraction of sp³-hybridized carbons (Fsp3) is 0.250. The molecule has 1 unspecified atom stereocenters. The van der Waals surface area contributed by atoms with Crippen LogP contribution >= 0.6 is 0 Å². The van der Waals surface area contributed by atoms with Gasteiger partial charge in [0.25, 0.3) is 0 Å². The van der Waals surface area contributed by atoms with Crippen LogP contribution in [-0.4, -0.2) is 41.1 Å². The van der Waals surface area contributed by atoms with Crippen molar-refractivity contribution in [2.24, 2.45) is 5.14 Å². The number of aryl methyl sites for hydroxylation is 1. The van der Waals surface area contributed by atoms with Crippen LogP contribution in [0.4, 0.5) is 13.2 Å². The van der Waals surface area contributed by atoms with E-state index in [9.17, 15) is 21.6 Å². The second kappa shape index (κ2) is 11.1. The fourth-order valence-corrected chi connectivity index (χ4v) is 2.94. The van der Waals surface area contributed by atoms with Crippen LogP contribution in [0.25, 0.3) is 16.9 Å². The summed E-state index contributed by atoms with van der Waals surface area (Å²) < 4.78 is 63.2. The molecule has 1 heterocycles. The fourth-order valence-electron chi connectivity index (χ4n) is 2.42. The molecule has 3 rings (SSSR count). The monoisotopic (exact) mass is 465 g/mol. The predicted octanol–water partition coefficient (Wildman–Crippen LogP) is -0.0101. The third-order valence-electron chi connectivity index (χ3n) is 4.02. The quantitative estimate of drug-likeness (QED) is 0.469. The molecule has 0 aliphatic heterocycles. The van der Waals surface area contributed by atoms with Crippen LogP contribution in [0, 0.1) is 6.92 Å². The molecule has 32 heavy (non-hydrogen) atoms. The van der Waals surface area contributed by atoms with Gasteiger partial charge in [0, 0.05) is 5.56 Å². The number of aliphatic hydroxyl groups is 2. The Balaban J connectivity index is 0.00000133. The number of nitrogens with two attached hydrogens (primary N) is 1. The topological polar surface area (TPSA) is 118 Å². The van der Waals surface area contributed by atoms with E-state index in [-0.39, 0.29) is 43.2 Å². The maximum absolute atomic E-state index is 13.1. The van der Waals surface area contributed by atoms with Gasteiger partial charge in [-0.15, -0.1) is 0 Å². The summed E-state index contributed by atoms with van der Waals surface area (Å²) in [5, 5.41) is 24.7. The van der Waals surface area contributed by atoms with Gasteiger partial charge in [-0.1, -0.05) is 29.8 Å². The first-order chi connectivity index (χ1) is 14.3. The van der Waals surface area contributed by atoms with Crippen molar-refractivity contribution in [2.75, 3.05) is 6.61 Å². The van der Waals surface area contributed by atoms with E-state index in [2.05, 4.69) is 5.10 Å². The molecule has 1 aromatic heterocycles. The maximum atomic E-state index is 13.1. The zero-order chi connectivity index (χ0) is 23.4. The average molecular weight is 465 g/mol. The molecule has 0 aliphatic carbocycles. The van der Waals surface area contributed by atoms with Crippen molar-refractivity contribution in [2.45, 2.75) is 31.0 Å². The summed E-state index contributed by atoms with van der Waals surface area (Å²) in [7, 11) is -3.90. The molecule has 0 spiro atoms. The van der Waals surface area contributed by atoms with Crippen LogP contribution < -0.4 is 24.0 Å². The number of aromatic nitrogens is 2. The zero-order valence-electron chi connectivity index (χ0n) is 18.7. The summed E-state index contributed by atoms with van der Waals surface area (Å²) >= 11 is 0. The molecular formula is C20H23F3LiN3O4S. The SMILES string of the molecule is CC(O)CO.Cc1ccc(-c2cc(C(F)(F)F)nn2-c2ccc(S(N)(=O)=O)cc2)cc1.[H-].[Li+]. The number of benzene rings is 2. The number of hydrogen-bond donors (Lipinski definition) is 3. The molecule has 12 heteroatoms. The Morgan fingerprint density at radius 3 is 2.03 bits per heavy atom. The molecule has 0 fully saturated rings. The molecular weight excluding hydrogens is 442 g/mol. The van der Waals surface area contributed by atoms with E-state index >= 15 is 0 Å². The Labute approximate surface area is 197 Å². The Hall–Kier alpha value is -2.13. The molecule has 2 aromatic carbocycles. The number of aliphatic hydroxyl groups excluding tert-OH is 2. The molecule has 0 bridgehead atoms. The summed E-state index contributed by atoms with van der Waals surface area (Å²) in [6.07, 6.45) is -5.17. The number of nitrogens with zero attached hydrogens (tertiary/aromatic N) is 2. The van der Waals surface area contributed by atoms with E-state index < -0.39 is 28.0 Å². The maximum Gasteiger partial charge on any atom is 1.00 e. The molecule has 0 radical (unpaired) electrons. The Kier molecular flexibility index (Phi) is 9.71. The summed E-state index contributed by atoms with van der Waals surface area (Å²) in [6, 6.07) is 13.1. The summed E-state index contributed by atoms with van der Waals surface area (Å²) in [4.78, 5) is -0.138. The van der Waals surface area contributed by atoms with Crippen molar-refractivity contribution in [1.29, 1.82) is 0 Å². The van der Waals surface area contributed by atoms with E-state index in [0.717, 1.165) is 16.3 Å². The molecule has 0 amide bonds. The number of primary sulfonamides is 1. The number of halogens is 3. The van der Waals surface area contributed by atoms with Crippen LogP contribution in [0.1, 0.15) is 19.6 Å². The van der Waals surface area contributed by atoms with E-state index in [1.165, 1.54) is 31.2 Å². The second-order valence-electron chi connectivity index (χ2n) is 6.76. The normalized spacial score (nSPS) is 12.4. The van der Waals surface area contributed by atoms with Crippen molar-refractivity contribution < 1.29 is 52.1 Å². The van der Waals surface area contributed by atoms with Crippen LogP contribution in [0.3, 0.4) is 0 Å². The van der Waals surface area contributed by atoms with Crippen LogP contribution in [0.15, 0.2) is 59.5 Å². The molecule has 0 aliphatic rings. The molecule has 0 saturated carbocycles. The van der Waals surface area contributed by atoms with Gasteiger partial charge in [0.05, 0.1) is 29.0 Å². The molecule has 4 N–H and O–H groups in total. The summed E-state index contributed by atoms with van der Waals surface area (Å²) in [5.41, 5.74) is 0.996. The van der Waals surface area contributed by atoms with E-state index in [4.69, 9.17) is 15.4 Å². The minimum absolute atomic E-state index is 0. The minimum Gasteiger partial charge on any atom is -1.00 e. The molecule has 7 nitrogen and oxygen atoms in total. The molecule has 1 atom stereocenters. The standard InChI is InChI=1S/C17H14F3N3O2S.C3H8O2.Li.H/c1-11-2-4-12(5-3-11)15-10-16(17(18,19)20)22-23(15)13-6-8-14(9-7-13)26(21,24)25;1-3(5)2-4;;/h2-10H,1H3,(H2,21,24,25);3-5H,2H2,1H3;;/q;;+1;-1. The molecule has 3 aromatic rings. The van der Waals surface area contributed by atoms with Gasteiger partial charge in [0.1, 0.15) is 0 Å². The molecule has 0 saturated heterocycles. The van der Waals surface area contributed by atoms with Gasteiger partial charge in [-0.25, -0.2) is 18.2 Å². The number of alkyl halides is 3. The van der Waals surface area contributed by atoms with Gasteiger partial charge >= 0.3 is 25.0 Å². The first-order valence-electron chi connectivity index (χ1n) is 8.99. The summed E-state index contributed by atoms with van der Waals surface area (Å²) in [5.74, 6) is 0. The van der Waals surface area contributed by atoms with Gasteiger partial charge in [0.2, 0.25) is 10.0 Å². The minimum atomic E-state index is -4.61. The first-order valence-corrected chi connectivity index (χ1v) is 10.5.